The number of nitrogens with zero attached hydrogens (tertiary/aromatic N) is 5. The first-order chi connectivity index (χ1) is 7.88. The van der Waals surface area contributed by atoms with Crippen LogP contribution in [0, 0.1) is 0 Å². The molecule has 16 heavy (non-hydrogen) atoms. The molecule has 0 atom stereocenters. The van der Waals surface area contributed by atoms with Crippen LogP contribution in [0.25, 0.3) is 0 Å². The van der Waals surface area contributed by atoms with Gasteiger partial charge in [0.25, 0.3) is 0 Å². The van der Waals surface area contributed by atoms with E-state index in [0.717, 1.165) is 24.5 Å². The first-order valence-corrected chi connectivity index (χ1v) is 5.23. The average molecular weight is 218 g/mol. The molecule has 0 saturated carbocycles. The monoisotopic (exact) mass is 218 g/mol. The van der Waals surface area contributed by atoms with E-state index < -0.39 is 0 Å². The van der Waals surface area contributed by atoms with Gasteiger partial charge in [0.2, 0.25) is 0 Å². The SMILES string of the molecule is CCNCc1cn(Cc2cnccn2)nn1. The van der Waals surface area contributed by atoms with E-state index in [1.165, 1.54) is 0 Å². The maximum absolute atomic E-state index is 4.18. The summed E-state index contributed by atoms with van der Waals surface area (Å²) < 4.78 is 1.76. The zero-order valence-corrected chi connectivity index (χ0v) is 9.17. The molecule has 6 nitrogen and oxygen atoms in total. The Morgan fingerprint density at radius 1 is 1.31 bits per heavy atom. The molecule has 0 radical (unpaired) electrons. The van der Waals surface area contributed by atoms with Gasteiger partial charge in [-0.2, -0.15) is 0 Å². The molecule has 0 amide bonds. The van der Waals surface area contributed by atoms with E-state index in [1.54, 1.807) is 23.3 Å². The minimum atomic E-state index is 0.604. The third-order valence-electron chi connectivity index (χ3n) is 2.08. The number of nitrogens with one attached hydrogen (secondary N) is 1. The van der Waals surface area contributed by atoms with E-state index in [9.17, 15) is 0 Å². The molecule has 0 unspecified atom stereocenters. The smallest absolute Gasteiger partial charge is 0.0964 e. The topological polar surface area (TPSA) is 68.5 Å². The third kappa shape index (κ3) is 2.83. The summed E-state index contributed by atoms with van der Waals surface area (Å²) in [5, 5.41) is 11.3. The van der Waals surface area contributed by atoms with Crippen molar-refractivity contribution in [1.82, 2.24) is 30.3 Å². The lowest BCUT2D eigenvalue weighted by molar-refractivity contribution is 0.635. The average Bonchev–Trinajstić information content (AvgIpc) is 2.75. The molecular weight excluding hydrogens is 204 g/mol. The Hall–Kier alpha value is -1.82. The van der Waals surface area contributed by atoms with Crippen LogP contribution in [0.4, 0.5) is 0 Å². The van der Waals surface area contributed by atoms with E-state index in [-0.39, 0.29) is 0 Å². The molecule has 0 saturated heterocycles. The van der Waals surface area contributed by atoms with Crippen molar-refractivity contribution < 1.29 is 0 Å². The van der Waals surface area contributed by atoms with Crippen molar-refractivity contribution in [3.8, 4) is 0 Å². The van der Waals surface area contributed by atoms with Crippen LogP contribution in [-0.2, 0) is 13.1 Å². The summed E-state index contributed by atoms with van der Waals surface area (Å²) in [6.07, 6.45) is 6.97. The van der Waals surface area contributed by atoms with Gasteiger partial charge in [-0.1, -0.05) is 12.1 Å². The minimum Gasteiger partial charge on any atom is -0.311 e. The van der Waals surface area contributed by atoms with Crippen LogP contribution in [0.1, 0.15) is 18.3 Å². The molecule has 0 bridgehead atoms. The Labute approximate surface area is 93.7 Å². The van der Waals surface area contributed by atoms with E-state index in [4.69, 9.17) is 0 Å². The predicted octanol–water partition coefficient (Wildman–Crippen LogP) is 0.226. The van der Waals surface area contributed by atoms with Gasteiger partial charge in [-0.25, -0.2) is 4.68 Å². The normalized spacial score (nSPS) is 10.6. The first-order valence-electron chi connectivity index (χ1n) is 5.23. The van der Waals surface area contributed by atoms with Gasteiger partial charge in [0, 0.05) is 18.9 Å². The van der Waals surface area contributed by atoms with Crippen LogP contribution in [0.15, 0.2) is 24.8 Å². The summed E-state index contributed by atoms with van der Waals surface area (Å²) in [7, 11) is 0. The summed E-state index contributed by atoms with van der Waals surface area (Å²) in [4.78, 5) is 8.18. The van der Waals surface area contributed by atoms with Crippen molar-refractivity contribution in [1.29, 1.82) is 0 Å². The minimum absolute atomic E-state index is 0.604. The van der Waals surface area contributed by atoms with Gasteiger partial charge < -0.3 is 5.32 Å². The van der Waals surface area contributed by atoms with Gasteiger partial charge in [-0.05, 0) is 6.54 Å². The fourth-order valence-electron chi connectivity index (χ4n) is 1.33. The fourth-order valence-corrected chi connectivity index (χ4v) is 1.33. The van der Waals surface area contributed by atoms with Crippen molar-refractivity contribution in [3.05, 3.63) is 36.2 Å². The zero-order valence-electron chi connectivity index (χ0n) is 9.17. The van der Waals surface area contributed by atoms with E-state index >= 15 is 0 Å². The van der Waals surface area contributed by atoms with Crippen LogP contribution >= 0.6 is 0 Å². The molecule has 1 N–H and O–H groups in total. The van der Waals surface area contributed by atoms with E-state index in [1.807, 2.05) is 6.20 Å². The zero-order chi connectivity index (χ0) is 11.2. The number of aromatic nitrogens is 5. The summed E-state index contributed by atoms with van der Waals surface area (Å²) in [6.45, 7) is 4.34. The Kier molecular flexibility index (Phi) is 3.55. The van der Waals surface area contributed by atoms with Gasteiger partial charge in [-0.3, -0.25) is 9.97 Å². The molecule has 0 spiro atoms. The summed E-state index contributed by atoms with van der Waals surface area (Å²) in [5.74, 6) is 0. The van der Waals surface area contributed by atoms with Crippen LogP contribution in [-0.4, -0.2) is 31.5 Å². The molecule has 84 valence electrons. The second-order valence-corrected chi connectivity index (χ2v) is 3.38. The maximum atomic E-state index is 4.18. The summed E-state index contributed by atoms with van der Waals surface area (Å²) in [5.41, 5.74) is 1.81. The lowest BCUT2D eigenvalue weighted by Gasteiger charge is -1.98. The van der Waals surface area contributed by atoms with Crippen molar-refractivity contribution in [2.75, 3.05) is 6.54 Å². The number of hydrogen-bond acceptors (Lipinski definition) is 5. The lowest BCUT2D eigenvalue weighted by atomic mass is 10.4. The quantitative estimate of drug-likeness (QED) is 0.777. The van der Waals surface area contributed by atoms with Gasteiger partial charge >= 0.3 is 0 Å². The number of rotatable bonds is 5. The molecule has 0 aliphatic carbocycles. The Bertz CT molecular complexity index is 424. The largest absolute Gasteiger partial charge is 0.311 e. The van der Waals surface area contributed by atoms with Crippen molar-refractivity contribution in [2.45, 2.75) is 20.0 Å². The van der Waals surface area contributed by atoms with Gasteiger partial charge in [0.05, 0.1) is 30.3 Å². The predicted molar refractivity (Wildman–Crippen MR) is 58.5 cm³/mol. The second-order valence-electron chi connectivity index (χ2n) is 3.38. The highest BCUT2D eigenvalue weighted by atomic mass is 15.4. The maximum Gasteiger partial charge on any atom is 0.0964 e. The molecule has 2 rings (SSSR count). The summed E-state index contributed by atoms with van der Waals surface area (Å²) >= 11 is 0. The Balaban J connectivity index is 1.97. The molecule has 0 aliphatic rings. The highest BCUT2D eigenvalue weighted by Crippen LogP contribution is 1.97. The Morgan fingerprint density at radius 2 is 2.25 bits per heavy atom. The third-order valence-corrected chi connectivity index (χ3v) is 2.08. The molecule has 2 aromatic rings. The van der Waals surface area contributed by atoms with Gasteiger partial charge in [0.1, 0.15) is 0 Å². The summed E-state index contributed by atoms with van der Waals surface area (Å²) in [6, 6.07) is 0. The van der Waals surface area contributed by atoms with E-state index in [0.29, 0.717) is 6.54 Å². The number of hydrogen-bond donors (Lipinski definition) is 1. The van der Waals surface area contributed by atoms with Crippen molar-refractivity contribution in [2.24, 2.45) is 0 Å². The van der Waals surface area contributed by atoms with Gasteiger partial charge in [0.15, 0.2) is 0 Å². The standard InChI is InChI=1S/C10H14N6/c1-2-11-6-10-8-16(15-14-10)7-9-5-12-3-4-13-9/h3-5,8,11H,2,6-7H2,1H3. The highest BCUT2D eigenvalue weighted by Gasteiger charge is 2.01. The molecular formula is C10H14N6. The van der Waals surface area contributed by atoms with Crippen LogP contribution in [0.3, 0.4) is 0 Å². The molecule has 0 aliphatic heterocycles. The van der Waals surface area contributed by atoms with Crippen molar-refractivity contribution in [3.63, 3.8) is 0 Å². The molecule has 0 fully saturated rings. The Morgan fingerprint density at radius 3 is 3.00 bits per heavy atom. The fraction of sp³-hybridized carbons (Fsp3) is 0.400. The van der Waals surface area contributed by atoms with Crippen LogP contribution in [0.5, 0.6) is 0 Å². The molecule has 2 aromatic heterocycles. The first kappa shape index (κ1) is 10.7. The van der Waals surface area contributed by atoms with E-state index in [2.05, 4.69) is 32.5 Å². The highest BCUT2D eigenvalue weighted by molar-refractivity contribution is 4.98. The molecule has 0 aromatic carbocycles. The molecule has 6 heteroatoms. The van der Waals surface area contributed by atoms with Crippen LogP contribution in [0.2, 0.25) is 0 Å². The van der Waals surface area contributed by atoms with Gasteiger partial charge in [-0.15, -0.1) is 5.10 Å². The molecule has 2 heterocycles. The lowest BCUT2D eigenvalue weighted by Crippen LogP contribution is -2.11. The second kappa shape index (κ2) is 5.32. The van der Waals surface area contributed by atoms with Crippen molar-refractivity contribution >= 4 is 0 Å². The van der Waals surface area contributed by atoms with Crippen LogP contribution < -0.4 is 5.32 Å².